The highest BCUT2D eigenvalue weighted by atomic mass is 16.5. The largest absolute Gasteiger partial charge is 0.497 e. The summed E-state index contributed by atoms with van der Waals surface area (Å²) < 4.78 is 12.4. The Balaban J connectivity index is 1.91. The topological polar surface area (TPSA) is 63.9 Å². The number of aliphatic hydroxyl groups is 1. The van der Waals surface area contributed by atoms with Crippen molar-refractivity contribution in [3.63, 3.8) is 0 Å². The molecule has 6 heteroatoms. The van der Waals surface area contributed by atoms with Crippen LogP contribution in [-0.2, 0) is 21.7 Å². The fourth-order valence-corrected chi connectivity index (χ4v) is 5.79. The molecule has 3 aliphatic heterocycles. The molecule has 2 aromatic rings. The average molecular weight is 382 g/mol. The number of methoxy groups -OCH3 is 2. The SMILES string of the molecule is CCC12C=CCN3CCc4c(n(c5cc(OC)ccc45)C(O)(C(=O)OC)C1)C32. The molecule has 1 aromatic heterocycles. The van der Waals surface area contributed by atoms with Crippen LogP contribution in [0.25, 0.3) is 10.9 Å². The fourth-order valence-electron chi connectivity index (χ4n) is 5.79. The first-order chi connectivity index (χ1) is 13.5. The predicted octanol–water partition coefficient (Wildman–Crippen LogP) is 2.74. The van der Waals surface area contributed by atoms with Gasteiger partial charge in [-0.05, 0) is 30.5 Å². The minimum atomic E-state index is -1.75. The highest BCUT2D eigenvalue weighted by Crippen LogP contribution is 2.59. The molecule has 148 valence electrons. The Morgan fingerprint density at radius 2 is 2.18 bits per heavy atom. The summed E-state index contributed by atoms with van der Waals surface area (Å²) in [5, 5.41) is 12.9. The number of fused-ring (bicyclic) bond motifs is 3. The van der Waals surface area contributed by atoms with E-state index in [0.29, 0.717) is 12.2 Å². The summed E-state index contributed by atoms with van der Waals surface area (Å²) in [7, 11) is 2.97. The van der Waals surface area contributed by atoms with Crippen LogP contribution in [0.4, 0.5) is 0 Å². The number of ether oxygens (including phenoxy) is 2. The van der Waals surface area contributed by atoms with Gasteiger partial charge < -0.3 is 19.1 Å². The molecule has 5 rings (SSSR count). The summed E-state index contributed by atoms with van der Waals surface area (Å²) in [5.74, 6) is 0.0935. The van der Waals surface area contributed by atoms with Crippen LogP contribution in [0.3, 0.4) is 0 Å². The summed E-state index contributed by atoms with van der Waals surface area (Å²) in [6.45, 7) is 4.01. The lowest BCUT2D eigenvalue weighted by atomic mass is 9.64. The third-order valence-corrected chi connectivity index (χ3v) is 7.04. The molecule has 0 saturated carbocycles. The molecule has 0 saturated heterocycles. The van der Waals surface area contributed by atoms with E-state index in [1.165, 1.54) is 12.7 Å². The number of hydrogen-bond donors (Lipinski definition) is 1. The normalized spacial score (nSPS) is 30.9. The zero-order valence-electron chi connectivity index (χ0n) is 16.6. The third kappa shape index (κ3) is 2.02. The van der Waals surface area contributed by atoms with Crippen LogP contribution in [0.15, 0.2) is 30.4 Å². The van der Waals surface area contributed by atoms with Gasteiger partial charge in [0.1, 0.15) is 5.75 Å². The smallest absolute Gasteiger partial charge is 0.359 e. The number of hydrogen-bond acceptors (Lipinski definition) is 5. The van der Waals surface area contributed by atoms with Crippen molar-refractivity contribution in [2.24, 2.45) is 5.41 Å². The van der Waals surface area contributed by atoms with Gasteiger partial charge in [-0.15, -0.1) is 0 Å². The number of carbonyl (C=O) groups is 1. The maximum absolute atomic E-state index is 12.9. The average Bonchev–Trinajstić information content (AvgIpc) is 3.07. The van der Waals surface area contributed by atoms with E-state index in [4.69, 9.17) is 9.47 Å². The Kier molecular flexibility index (Phi) is 3.71. The second kappa shape index (κ2) is 5.84. The van der Waals surface area contributed by atoms with Crippen LogP contribution in [-0.4, -0.2) is 47.9 Å². The lowest BCUT2D eigenvalue weighted by molar-refractivity contribution is -0.187. The van der Waals surface area contributed by atoms with Crippen molar-refractivity contribution >= 4 is 16.9 Å². The van der Waals surface area contributed by atoms with Crippen LogP contribution in [0.2, 0.25) is 0 Å². The van der Waals surface area contributed by atoms with Gasteiger partial charge in [0, 0.05) is 42.1 Å². The van der Waals surface area contributed by atoms with E-state index < -0.39 is 11.7 Å². The zero-order chi connectivity index (χ0) is 19.7. The summed E-state index contributed by atoms with van der Waals surface area (Å²) in [6.07, 6.45) is 6.44. The molecule has 3 unspecified atom stereocenters. The monoisotopic (exact) mass is 382 g/mol. The summed E-state index contributed by atoms with van der Waals surface area (Å²) >= 11 is 0. The van der Waals surface area contributed by atoms with Gasteiger partial charge in [-0.1, -0.05) is 19.1 Å². The zero-order valence-corrected chi connectivity index (χ0v) is 16.6. The van der Waals surface area contributed by atoms with E-state index in [-0.39, 0.29) is 11.5 Å². The molecule has 0 amide bonds. The molecule has 1 N–H and O–H groups in total. The molecule has 4 heterocycles. The van der Waals surface area contributed by atoms with E-state index in [2.05, 4.69) is 30.0 Å². The summed E-state index contributed by atoms with van der Waals surface area (Å²) in [5.41, 5.74) is 1.07. The van der Waals surface area contributed by atoms with Gasteiger partial charge >= 0.3 is 5.97 Å². The molecule has 28 heavy (non-hydrogen) atoms. The van der Waals surface area contributed by atoms with E-state index >= 15 is 0 Å². The molecule has 3 atom stereocenters. The first-order valence-corrected chi connectivity index (χ1v) is 9.93. The van der Waals surface area contributed by atoms with Gasteiger partial charge in [-0.2, -0.15) is 0 Å². The van der Waals surface area contributed by atoms with Crippen LogP contribution >= 0.6 is 0 Å². The van der Waals surface area contributed by atoms with Crippen molar-refractivity contribution in [2.45, 2.75) is 38.0 Å². The molecular formula is C22H26N2O4. The molecule has 3 aliphatic rings. The summed E-state index contributed by atoms with van der Waals surface area (Å²) in [6, 6.07) is 6.06. The van der Waals surface area contributed by atoms with Crippen molar-refractivity contribution in [1.82, 2.24) is 9.47 Å². The molecule has 1 aromatic carbocycles. The number of nitrogens with zero attached hydrogens (tertiary/aromatic N) is 2. The number of benzene rings is 1. The second-order valence-corrected chi connectivity index (χ2v) is 8.20. The van der Waals surface area contributed by atoms with Crippen LogP contribution in [0, 0.1) is 5.41 Å². The van der Waals surface area contributed by atoms with Crippen molar-refractivity contribution in [2.75, 3.05) is 27.3 Å². The fraction of sp³-hybridized carbons (Fsp3) is 0.500. The predicted molar refractivity (Wildman–Crippen MR) is 105 cm³/mol. The second-order valence-electron chi connectivity index (χ2n) is 8.20. The van der Waals surface area contributed by atoms with E-state index in [0.717, 1.165) is 42.5 Å². The van der Waals surface area contributed by atoms with E-state index in [1.54, 1.807) is 7.11 Å². The maximum atomic E-state index is 12.9. The van der Waals surface area contributed by atoms with Gasteiger partial charge in [0.15, 0.2) is 0 Å². The molecular weight excluding hydrogens is 356 g/mol. The van der Waals surface area contributed by atoms with Gasteiger partial charge in [-0.25, -0.2) is 4.79 Å². The molecule has 6 nitrogen and oxygen atoms in total. The van der Waals surface area contributed by atoms with Gasteiger partial charge in [0.2, 0.25) is 5.72 Å². The first kappa shape index (κ1) is 17.8. The molecule has 0 radical (unpaired) electrons. The Hall–Kier alpha value is -2.31. The number of rotatable bonds is 3. The third-order valence-electron chi connectivity index (χ3n) is 7.04. The van der Waals surface area contributed by atoms with Crippen LogP contribution < -0.4 is 4.74 Å². The van der Waals surface area contributed by atoms with E-state index in [1.807, 2.05) is 16.7 Å². The maximum Gasteiger partial charge on any atom is 0.359 e. The number of aromatic nitrogens is 1. The highest BCUT2D eigenvalue weighted by molar-refractivity contribution is 5.91. The quantitative estimate of drug-likeness (QED) is 0.653. The van der Waals surface area contributed by atoms with Crippen LogP contribution in [0.1, 0.15) is 37.1 Å². The Morgan fingerprint density at radius 3 is 2.89 bits per heavy atom. The van der Waals surface area contributed by atoms with Crippen molar-refractivity contribution < 1.29 is 19.4 Å². The Morgan fingerprint density at radius 1 is 1.36 bits per heavy atom. The summed E-state index contributed by atoms with van der Waals surface area (Å²) in [4.78, 5) is 15.4. The van der Waals surface area contributed by atoms with Crippen LogP contribution in [0.5, 0.6) is 5.75 Å². The number of carbonyl (C=O) groups excluding carboxylic acids is 1. The minimum Gasteiger partial charge on any atom is -0.497 e. The molecule has 0 aliphatic carbocycles. The lowest BCUT2D eigenvalue weighted by Gasteiger charge is -2.55. The lowest BCUT2D eigenvalue weighted by Crippen LogP contribution is -2.58. The van der Waals surface area contributed by atoms with Gasteiger partial charge in [0.05, 0.1) is 25.8 Å². The Bertz CT molecular complexity index is 1010. The standard InChI is InChI=1S/C22H26N2O4/c1-4-21-9-5-10-23-11-8-16-15-7-6-14(27-2)12-17(15)24(18(16)19(21)23)22(26,13-21)20(25)28-3/h5-7,9,12,19,26H,4,8,10-11,13H2,1-3H3. The minimum absolute atomic E-state index is 0.148. The van der Waals surface area contributed by atoms with Gasteiger partial charge in [-0.3, -0.25) is 4.90 Å². The van der Waals surface area contributed by atoms with Gasteiger partial charge in [0.25, 0.3) is 0 Å². The number of esters is 1. The van der Waals surface area contributed by atoms with Crippen molar-refractivity contribution in [3.8, 4) is 5.75 Å². The van der Waals surface area contributed by atoms with E-state index in [9.17, 15) is 9.90 Å². The molecule has 0 bridgehead atoms. The first-order valence-electron chi connectivity index (χ1n) is 9.93. The van der Waals surface area contributed by atoms with Crippen molar-refractivity contribution in [3.05, 3.63) is 41.6 Å². The van der Waals surface area contributed by atoms with Crippen molar-refractivity contribution in [1.29, 1.82) is 0 Å². The molecule has 0 fully saturated rings. The highest BCUT2D eigenvalue weighted by Gasteiger charge is 2.59. The Labute approximate surface area is 164 Å². The molecule has 0 spiro atoms.